The topological polar surface area (TPSA) is 55.2 Å². The Morgan fingerprint density at radius 3 is 2.57 bits per heavy atom. The van der Waals surface area contributed by atoms with Crippen LogP contribution in [0, 0.1) is 10.1 Å². The first-order valence-electron chi connectivity index (χ1n) is 6.80. The fourth-order valence-electron chi connectivity index (χ4n) is 2.27. The highest BCUT2D eigenvalue weighted by Crippen LogP contribution is 2.30. The molecule has 0 aliphatic carbocycles. The van der Waals surface area contributed by atoms with Crippen LogP contribution in [0.15, 0.2) is 42.5 Å². The zero-order valence-electron chi connectivity index (χ0n) is 12.0. The van der Waals surface area contributed by atoms with Crippen molar-refractivity contribution >= 4 is 17.3 Å². The van der Waals surface area contributed by atoms with Crippen LogP contribution in [0.1, 0.15) is 25.5 Å². The second-order valence-electron chi connectivity index (χ2n) is 4.82. The van der Waals surface area contributed by atoms with Crippen LogP contribution in [0.3, 0.4) is 0 Å². The summed E-state index contributed by atoms with van der Waals surface area (Å²) in [6.45, 7) is 4.96. The van der Waals surface area contributed by atoms with Gasteiger partial charge in [0.2, 0.25) is 0 Å². The fourth-order valence-corrected chi connectivity index (χ4v) is 2.62. The Morgan fingerprint density at radius 2 is 1.95 bits per heavy atom. The quantitative estimate of drug-likeness (QED) is 0.649. The molecule has 0 fully saturated rings. The summed E-state index contributed by atoms with van der Waals surface area (Å²) in [6, 6.07) is 12.5. The normalized spacial score (nSPS) is 12.1. The Bertz CT molecular complexity index is 658. The number of hydrogen-bond acceptors (Lipinski definition) is 3. The molecule has 0 amide bonds. The number of benzene rings is 2. The lowest BCUT2D eigenvalue weighted by Gasteiger charge is -2.15. The van der Waals surface area contributed by atoms with Crippen molar-refractivity contribution in [2.24, 2.45) is 0 Å². The van der Waals surface area contributed by atoms with Crippen LogP contribution in [0.25, 0.3) is 11.1 Å². The molecule has 21 heavy (non-hydrogen) atoms. The van der Waals surface area contributed by atoms with Crippen molar-refractivity contribution < 1.29 is 4.92 Å². The van der Waals surface area contributed by atoms with Crippen LogP contribution >= 0.6 is 11.6 Å². The third-order valence-corrected chi connectivity index (χ3v) is 3.69. The molecule has 0 aliphatic rings. The van der Waals surface area contributed by atoms with E-state index in [1.165, 1.54) is 6.07 Å². The molecule has 1 unspecified atom stereocenters. The van der Waals surface area contributed by atoms with Gasteiger partial charge in [-0.1, -0.05) is 42.8 Å². The minimum Gasteiger partial charge on any atom is -0.310 e. The van der Waals surface area contributed by atoms with Crippen molar-refractivity contribution in [1.29, 1.82) is 0 Å². The lowest BCUT2D eigenvalue weighted by atomic mass is 10.0. The highest BCUT2D eigenvalue weighted by atomic mass is 35.5. The predicted octanol–water partition coefficient (Wildman–Crippen LogP) is 4.59. The minimum absolute atomic E-state index is 0.0775. The molecular formula is C16H17ClN2O2. The highest BCUT2D eigenvalue weighted by Gasteiger charge is 2.11. The number of nitrogens with zero attached hydrogens (tertiary/aromatic N) is 1. The molecule has 1 N–H and O–H groups in total. The van der Waals surface area contributed by atoms with Gasteiger partial charge in [0.25, 0.3) is 5.69 Å². The Morgan fingerprint density at radius 1 is 1.24 bits per heavy atom. The molecule has 0 radical (unpaired) electrons. The van der Waals surface area contributed by atoms with Gasteiger partial charge in [-0.25, -0.2) is 0 Å². The number of hydrogen-bond donors (Lipinski definition) is 1. The van der Waals surface area contributed by atoms with Gasteiger partial charge < -0.3 is 5.32 Å². The van der Waals surface area contributed by atoms with Gasteiger partial charge in [0.1, 0.15) is 0 Å². The average molecular weight is 305 g/mol. The van der Waals surface area contributed by atoms with Crippen molar-refractivity contribution in [3.05, 3.63) is 63.2 Å². The zero-order chi connectivity index (χ0) is 15.4. The summed E-state index contributed by atoms with van der Waals surface area (Å²) in [6.07, 6.45) is 0. The molecule has 4 nitrogen and oxygen atoms in total. The van der Waals surface area contributed by atoms with E-state index in [1.54, 1.807) is 12.1 Å². The highest BCUT2D eigenvalue weighted by molar-refractivity contribution is 6.31. The summed E-state index contributed by atoms with van der Waals surface area (Å²) in [5.74, 6) is 0. The zero-order valence-corrected chi connectivity index (χ0v) is 12.7. The molecule has 0 saturated heterocycles. The maximum absolute atomic E-state index is 10.8. The van der Waals surface area contributed by atoms with E-state index >= 15 is 0 Å². The molecule has 0 bridgehead atoms. The van der Waals surface area contributed by atoms with Gasteiger partial charge in [-0.15, -0.1) is 0 Å². The number of rotatable bonds is 5. The van der Waals surface area contributed by atoms with Gasteiger partial charge in [0.15, 0.2) is 0 Å². The van der Waals surface area contributed by atoms with Crippen molar-refractivity contribution in [3.63, 3.8) is 0 Å². The number of halogens is 1. The van der Waals surface area contributed by atoms with E-state index in [4.69, 9.17) is 11.6 Å². The molecule has 5 heteroatoms. The second kappa shape index (κ2) is 6.70. The van der Waals surface area contributed by atoms with Gasteiger partial charge in [-0.05, 0) is 36.2 Å². The van der Waals surface area contributed by atoms with Crippen molar-refractivity contribution in [2.75, 3.05) is 6.54 Å². The van der Waals surface area contributed by atoms with Crippen LogP contribution in [0.5, 0.6) is 0 Å². The Hall–Kier alpha value is -1.91. The van der Waals surface area contributed by atoms with E-state index in [0.29, 0.717) is 5.02 Å². The molecule has 0 aliphatic heterocycles. The first kappa shape index (κ1) is 15.5. The molecule has 0 spiro atoms. The molecule has 0 saturated carbocycles. The summed E-state index contributed by atoms with van der Waals surface area (Å²) < 4.78 is 0. The number of nitro benzene ring substituents is 1. The lowest BCUT2D eigenvalue weighted by molar-refractivity contribution is -0.384. The van der Waals surface area contributed by atoms with Gasteiger partial charge >= 0.3 is 0 Å². The summed E-state index contributed by atoms with van der Waals surface area (Å²) in [5, 5.41) is 14.8. The van der Waals surface area contributed by atoms with Crippen molar-refractivity contribution in [2.45, 2.75) is 19.9 Å². The first-order chi connectivity index (χ1) is 10.0. The van der Waals surface area contributed by atoms with Crippen LogP contribution in [0.2, 0.25) is 5.02 Å². The van der Waals surface area contributed by atoms with Crippen LogP contribution in [0.4, 0.5) is 5.69 Å². The fraction of sp³-hybridized carbons (Fsp3) is 0.250. The van der Waals surface area contributed by atoms with E-state index in [2.05, 4.69) is 12.2 Å². The van der Waals surface area contributed by atoms with E-state index in [9.17, 15) is 10.1 Å². The Kier molecular flexibility index (Phi) is 4.94. The summed E-state index contributed by atoms with van der Waals surface area (Å²) in [4.78, 5) is 10.4. The number of non-ortho nitro benzene ring substituents is 1. The van der Waals surface area contributed by atoms with Crippen LogP contribution < -0.4 is 5.32 Å². The summed E-state index contributed by atoms with van der Waals surface area (Å²) in [7, 11) is 0. The largest absolute Gasteiger partial charge is 0.310 e. The average Bonchev–Trinajstić information content (AvgIpc) is 2.47. The minimum atomic E-state index is -0.396. The van der Waals surface area contributed by atoms with E-state index in [-0.39, 0.29) is 11.7 Å². The molecule has 0 heterocycles. The third kappa shape index (κ3) is 3.60. The molecule has 2 aromatic carbocycles. The van der Waals surface area contributed by atoms with E-state index in [1.807, 2.05) is 31.2 Å². The van der Waals surface area contributed by atoms with Gasteiger partial charge in [-0.3, -0.25) is 10.1 Å². The third-order valence-electron chi connectivity index (χ3n) is 3.37. The molecule has 2 rings (SSSR count). The molecule has 110 valence electrons. The number of nitrogens with one attached hydrogen (secondary N) is 1. The molecule has 0 aromatic heterocycles. The Labute approximate surface area is 128 Å². The summed E-state index contributed by atoms with van der Waals surface area (Å²) >= 11 is 6.34. The SMILES string of the molecule is CCNC(C)c1ccc(-c2cccc([N+](=O)[O-])c2)cc1Cl. The van der Waals surface area contributed by atoms with Crippen LogP contribution in [-0.4, -0.2) is 11.5 Å². The molecule has 1 atom stereocenters. The standard InChI is InChI=1S/C16H17ClN2O2/c1-3-18-11(2)15-8-7-13(10-16(15)17)12-5-4-6-14(9-12)19(20)21/h4-11,18H,3H2,1-2H3. The summed E-state index contributed by atoms with van der Waals surface area (Å²) in [5.41, 5.74) is 2.76. The van der Waals surface area contributed by atoms with Crippen LogP contribution in [-0.2, 0) is 0 Å². The molecular weight excluding hydrogens is 288 g/mol. The van der Waals surface area contributed by atoms with Crippen molar-refractivity contribution in [1.82, 2.24) is 5.32 Å². The monoisotopic (exact) mass is 304 g/mol. The van der Waals surface area contributed by atoms with E-state index in [0.717, 1.165) is 23.2 Å². The van der Waals surface area contributed by atoms with Gasteiger partial charge in [-0.2, -0.15) is 0 Å². The predicted molar refractivity (Wildman–Crippen MR) is 85.6 cm³/mol. The van der Waals surface area contributed by atoms with E-state index < -0.39 is 4.92 Å². The Balaban J connectivity index is 2.36. The lowest BCUT2D eigenvalue weighted by Crippen LogP contribution is -2.17. The van der Waals surface area contributed by atoms with Gasteiger partial charge in [0, 0.05) is 23.2 Å². The molecule has 2 aromatic rings. The first-order valence-corrected chi connectivity index (χ1v) is 7.18. The van der Waals surface area contributed by atoms with Gasteiger partial charge in [0.05, 0.1) is 4.92 Å². The van der Waals surface area contributed by atoms with Crippen molar-refractivity contribution in [3.8, 4) is 11.1 Å². The number of nitro groups is 1. The second-order valence-corrected chi connectivity index (χ2v) is 5.23. The maximum atomic E-state index is 10.8. The maximum Gasteiger partial charge on any atom is 0.270 e. The smallest absolute Gasteiger partial charge is 0.270 e.